The van der Waals surface area contributed by atoms with Gasteiger partial charge in [0.1, 0.15) is 0 Å². The van der Waals surface area contributed by atoms with Gasteiger partial charge in [-0.05, 0) is 170 Å². The van der Waals surface area contributed by atoms with Crippen LogP contribution in [0.15, 0.2) is 182 Å². The largest absolute Gasteiger partial charge is 0.310 e. The fourth-order valence-electron chi connectivity index (χ4n) is 12.1. The highest BCUT2D eigenvalue weighted by atomic mass is 15.1. The standard InChI is InChI=1S/C64H61N/c1-43(2)51-36-32-46-22-16-17-27-52(46)61(51)55-41-54-53-28-18-19-29-56(53)64(47-23-12-8-13-24-47,48-25-14-9-15-26-48)58(54)42-60(55)65(49-33-30-45(31-34-49)44-20-10-7-11-21-44)50-35-37-57-59(40-50)63(5,6)39-38-62(57,3)4/h7-15,18-21,23-26,28-37,40-43H,16-17,22,27,38-39H2,1-6H3. The minimum absolute atomic E-state index is 0.0468. The number of rotatable bonds is 8. The first kappa shape index (κ1) is 41.3. The van der Waals surface area contributed by atoms with Crippen LogP contribution in [-0.2, 0) is 29.1 Å². The number of hydrogen-bond acceptors (Lipinski definition) is 1. The van der Waals surface area contributed by atoms with Crippen LogP contribution in [0.25, 0.3) is 33.4 Å². The van der Waals surface area contributed by atoms with Crippen LogP contribution < -0.4 is 4.90 Å². The lowest BCUT2D eigenvalue weighted by Gasteiger charge is -2.42. The van der Waals surface area contributed by atoms with Crippen molar-refractivity contribution in [2.45, 2.75) is 102 Å². The van der Waals surface area contributed by atoms with Gasteiger partial charge in [0, 0.05) is 16.9 Å². The van der Waals surface area contributed by atoms with E-state index >= 15 is 0 Å². The van der Waals surface area contributed by atoms with Crippen molar-refractivity contribution in [3.05, 3.63) is 232 Å². The Bertz CT molecular complexity index is 3000. The van der Waals surface area contributed by atoms with Crippen LogP contribution in [0.4, 0.5) is 17.1 Å². The molecule has 0 N–H and O–H groups in total. The highest BCUT2D eigenvalue weighted by Crippen LogP contribution is 2.60. The van der Waals surface area contributed by atoms with Gasteiger partial charge < -0.3 is 4.90 Å². The molecule has 1 nitrogen and oxygen atoms in total. The summed E-state index contributed by atoms with van der Waals surface area (Å²) < 4.78 is 0. The zero-order chi connectivity index (χ0) is 44.5. The molecule has 3 aliphatic rings. The number of benzene rings is 8. The molecule has 0 saturated carbocycles. The van der Waals surface area contributed by atoms with E-state index in [-0.39, 0.29) is 10.8 Å². The van der Waals surface area contributed by atoms with E-state index in [2.05, 4.69) is 228 Å². The van der Waals surface area contributed by atoms with E-state index in [0.29, 0.717) is 5.92 Å². The minimum Gasteiger partial charge on any atom is -0.310 e. The summed E-state index contributed by atoms with van der Waals surface area (Å²) in [5.74, 6) is 0.351. The third-order valence-electron chi connectivity index (χ3n) is 15.6. The Kier molecular flexibility index (Phi) is 10.1. The van der Waals surface area contributed by atoms with Crippen molar-refractivity contribution >= 4 is 17.1 Å². The highest BCUT2D eigenvalue weighted by molar-refractivity contribution is 5.98. The van der Waals surface area contributed by atoms with E-state index in [1.54, 1.807) is 5.56 Å². The third kappa shape index (κ3) is 6.72. The molecule has 8 aromatic carbocycles. The third-order valence-corrected chi connectivity index (χ3v) is 15.6. The predicted molar refractivity (Wildman–Crippen MR) is 275 cm³/mol. The first-order chi connectivity index (χ1) is 31.6. The maximum Gasteiger partial charge on any atom is 0.0714 e. The molecule has 0 fully saturated rings. The van der Waals surface area contributed by atoms with Gasteiger partial charge in [0.25, 0.3) is 0 Å². The molecule has 11 rings (SSSR count). The van der Waals surface area contributed by atoms with Crippen LogP contribution in [0.3, 0.4) is 0 Å². The van der Waals surface area contributed by atoms with Gasteiger partial charge in [-0.2, -0.15) is 0 Å². The monoisotopic (exact) mass is 843 g/mol. The number of nitrogens with zero attached hydrogens (tertiary/aromatic N) is 1. The second kappa shape index (κ2) is 15.9. The Balaban J connectivity index is 1.29. The summed E-state index contributed by atoms with van der Waals surface area (Å²) >= 11 is 0. The Hall–Kier alpha value is -6.44. The second-order valence-electron chi connectivity index (χ2n) is 20.7. The maximum atomic E-state index is 2.64. The molecular formula is C64H61N. The summed E-state index contributed by atoms with van der Waals surface area (Å²) in [6, 6.07) is 69.7. The van der Waals surface area contributed by atoms with E-state index in [0.717, 1.165) is 24.9 Å². The zero-order valence-corrected chi connectivity index (χ0v) is 39.1. The lowest BCUT2D eigenvalue weighted by atomic mass is 9.63. The van der Waals surface area contributed by atoms with Crippen molar-refractivity contribution in [2.24, 2.45) is 0 Å². The van der Waals surface area contributed by atoms with Gasteiger partial charge in [-0.3, -0.25) is 0 Å². The van der Waals surface area contributed by atoms with Gasteiger partial charge in [0.15, 0.2) is 0 Å². The van der Waals surface area contributed by atoms with Crippen LogP contribution >= 0.6 is 0 Å². The Morgan fingerprint density at radius 3 is 1.71 bits per heavy atom. The van der Waals surface area contributed by atoms with Crippen molar-refractivity contribution < 1.29 is 0 Å². The molecule has 0 atom stereocenters. The fourth-order valence-corrected chi connectivity index (χ4v) is 12.1. The van der Waals surface area contributed by atoms with Crippen LogP contribution in [0.1, 0.15) is 123 Å². The average molecular weight is 844 g/mol. The maximum absolute atomic E-state index is 2.64. The fraction of sp³-hybridized carbons (Fsp3) is 0.250. The number of hydrogen-bond donors (Lipinski definition) is 0. The molecule has 1 heteroatoms. The number of anilines is 3. The van der Waals surface area contributed by atoms with E-state index < -0.39 is 5.41 Å². The van der Waals surface area contributed by atoms with Gasteiger partial charge >= 0.3 is 0 Å². The Morgan fingerprint density at radius 2 is 1.03 bits per heavy atom. The minimum atomic E-state index is -0.538. The Morgan fingerprint density at radius 1 is 0.446 bits per heavy atom. The van der Waals surface area contributed by atoms with Gasteiger partial charge in [0.05, 0.1) is 11.1 Å². The van der Waals surface area contributed by atoms with E-state index in [1.807, 2.05) is 0 Å². The van der Waals surface area contributed by atoms with Gasteiger partial charge in [-0.15, -0.1) is 0 Å². The van der Waals surface area contributed by atoms with Gasteiger partial charge in [-0.25, -0.2) is 0 Å². The summed E-state index contributed by atoms with van der Waals surface area (Å²) in [4.78, 5) is 2.64. The van der Waals surface area contributed by atoms with Crippen molar-refractivity contribution in [1.29, 1.82) is 0 Å². The molecule has 0 heterocycles. The first-order valence-corrected chi connectivity index (χ1v) is 24.2. The molecule has 0 unspecified atom stereocenters. The number of fused-ring (bicyclic) bond motifs is 5. The van der Waals surface area contributed by atoms with E-state index in [4.69, 9.17) is 0 Å². The molecule has 0 amide bonds. The predicted octanol–water partition coefficient (Wildman–Crippen LogP) is 17.2. The molecule has 322 valence electrons. The van der Waals surface area contributed by atoms with Gasteiger partial charge in [0.2, 0.25) is 0 Å². The van der Waals surface area contributed by atoms with Crippen LogP contribution in [0, 0.1) is 0 Å². The van der Waals surface area contributed by atoms with Crippen molar-refractivity contribution in [3.8, 4) is 33.4 Å². The van der Waals surface area contributed by atoms with Crippen LogP contribution in [0.5, 0.6) is 0 Å². The Labute approximate surface area is 387 Å². The summed E-state index contributed by atoms with van der Waals surface area (Å²) in [6.07, 6.45) is 7.05. The average Bonchev–Trinajstić information content (AvgIpc) is 3.63. The molecule has 0 aromatic heterocycles. The smallest absolute Gasteiger partial charge is 0.0714 e. The molecular weight excluding hydrogens is 783 g/mol. The number of aryl methyl sites for hydroxylation is 1. The van der Waals surface area contributed by atoms with Crippen LogP contribution in [-0.4, -0.2) is 0 Å². The van der Waals surface area contributed by atoms with Crippen molar-refractivity contribution in [1.82, 2.24) is 0 Å². The molecule has 0 spiro atoms. The van der Waals surface area contributed by atoms with E-state index in [9.17, 15) is 0 Å². The topological polar surface area (TPSA) is 3.24 Å². The summed E-state index contributed by atoms with van der Waals surface area (Å²) in [5, 5.41) is 0. The molecule has 0 radical (unpaired) electrons. The van der Waals surface area contributed by atoms with E-state index in [1.165, 1.54) is 109 Å². The molecule has 0 bridgehead atoms. The molecule has 0 aliphatic heterocycles. The van der Waals surface area contributed by atoms with Crippen LogP contribution in [0.2, 0.25) is 0 Å². The SMILES string of the molecule is CC(C)c1ccc2c(c1-c1cc3c(cc1N(c1ccc(-c4ccccc4)cc1)c1ccc4c(c1)C(C)(C)CCC4(C)C)C(c1ccccc1)(c1ccccc1)c1ccccc1-3)CCCC2. The summed E-state index contributed by atoms with van der Waals surface area (Å²) in [5.41, 5.74) is 23.7. The molecule has 0 saturated heterocycles. The quantitative estimate of drug-likeness (QED) is 0.147. The van der Waals surface area contributed by atoms with Gasteiger partial charge in [-0.1, -0.05) is 187 Å². The molecule has 8 aromatic rings. The lowest BCUT2D eigenvalue weighted by Crippen LogP contribution is -2.34. The first-order valence-electron chi connectivity index (χ1n) is 24.2. The van der Waals surface area contributed by atoms with Crippen molar-refractivity contribution in [2.75, 3.05) is 4.90 Å². The molecule has 3 aliphatic carbocycles. The normalized spacial score (nSPS) is 16.3. The second-order valence-corrected chi connectivity index (χ2v) is 20.7. The lowest BCUT2D eigenvalue weighted by molar-refractivity contribution is 0.332. The van der Waals surface area contributed by atoms with Crippen molar-refractivity contribution in [3.63, 3.8) is 0 Å². The highest BCUT2D eigenvalue weighted by Gasteiger charge is 2.47. The summed E-state index contributed by atoms with van der Waals surface area (Å²) in [7, 11) is 0. The molecule has 65 heavy (non-hydrogen) atoms. The zero-order valence-electron chi connectivity index (χ0n) is 39.1. The summed E-state index contributed by atoms with van der Waals surface area (Å²) in [6.45, 7) is 14.6.